The summed E-state index contributed by atoms with van der Waals surface area (Å²) in [6, 6.07) is 15.4. The summed E-state index contributed by atoms with van der Waals surface area (Å²) in [6.07, 6.45) is 9.16. The van der Waals surface area contributed by atoms with Gasteiger partial charge in [-0.25, -0.2) is 14.4 Å². The maximum absolute atomic E-state index is 13.5. The van der Waals surface area contributed by atoms with Crippen molar-refractivity contribution >= 4 is 45.6 Å². The number of likely N-dealkylation sites (tertiary alicyclic amines) is 1. The minimum absolute atomic E-state index is 0.0750. The molecule has 1 aromatic heterocycles. The molecule has 10 heteroatoms. The van der Waals surface area contributed by atoms with Gasteiger partial charge in [0, 0.05) is 17.8 Å². The Bertz CT molecular complexity index is 1640. The Labute approximate surface area is 248 Å². The third-order valence-corrected chi connectivity index (χ3v) is 7.64. The van der Waals surface area contributed by atoms with E-state index in [1.807, 2.05) is 24.3 Å². The zero-order valence-electron chi connectivity index (χ0n) is 23.1. The monoisotopic (exact) mass is 587 g/mol. The zero-order valence-corrected chi connectivity index (χ0v) is 23.9. The lowest BCUT2D eigenvalue weighted by Gasteiger charge is -2.17. The zero-order chi connectivity index (χ0) is 29.1. The second kappa shape index (κ2) is 12.3. The molecule has 6 rings (SSSR count). The van der Waals surface area contributed by atoms with Gasteiger partial charge in [-0.1, -0.05) is 29.8 Å². The van der Waals surface area contributed by atoms with E-state index >= 15 is 0 Å². The topological polar surface area (TPSA) is 88.6 Å². The summed E-state index contributed by atoms with van der Waals surface area (Å²) >= 11 is 6.53. The number of amides is 1. The SMILES string of the molecule is CN1CCCC1/C=C/C(=O)Nc1ccc2ncnc(Nc3ccc(OCc4cccc(F)c4)c(Cl)c3)c2c1OC1CC1. The van der Waals surface area contributed by atoms with Gasteiger partial charge in [0.15, 0.2) is 5.75 Å². The van der Waals surface area contributed by atoms with Gasteiger partial charge in [-0.15, -0.1) is 0 Å². The lowest BCUT2D eigenvalue weighted by molar-refractivity contribution is -0.112. The fourth-order valence-corrected chi connectivity index (χ4v) is 5.20. The predicted octanol–water partition coefficient (Wildman–Crippen LogP) is 6.88. The van der Waals surface area contributed by atoms with Gasteiger partial charge in [0.05, 0.1) is 27.7 Å². The molecule has 1 aliphatic heterocycles. The molecule has 1 atom stereocenters. The maximum Gasteiger partial charge on any atom is 0.248 e. The molecule has 2 N–H and O–H groups in total. The van der Waals surface area contributed by atoms with Gasteiger partial charge >= 0.3 is 0 Å². The van der Waals surface area contributed by atoms with E-state index in [-0.39, 0.29) is 30.5 Å². The van der Waals surface area contributed by atoms with Gasteiger partial charge in [0.1, 0.15) is 30.3 Å². The van der Waals surface area contributed by atoms with Crippen molar-refractivity contribution in [2.45, 2.75) is 44.4 Å². The molecule has 1 saturated carbocycles. The fraction of sp³-hybridized carbons (Fsp3) is 0.281. The summed E-state index contributed by atoms with van der Waals surface area (Å²) in [4.78, 5) is 24.1. The van der Waals surface area contributed by atoms with Gasteiger partial charge in [-0.05, 0) is 87.3 Å². The average Bonchev–Trinajstić information content (AvgIpc) is 3.70. The molecule has 42 heavy (non-hydrogen) atoms. The lowest BCUT2D eigenvalue weighted by Crippen LogP contribution is -2.23. The van der Waals surface area contributed by atoms with Crippen molar-refractivity contribution in [1.82, 2.24) is 14.9 Å². The highest BCUT2D eigenvalue weighted by atomic mass is 35.5. The molecule has 1 aliphatic carbocycles. The van der Waals surface area contributed by atoms with Crippen LogP contribution in [0, 0.1) is 5.82 Å². The molecule has 0 spiro atoms. The van der Waals surface area contributed by atoms with E-state index in [2.05, 4.69) is 32.5 Å². The minimum Gasteiger partial charge on any atom is -0.487 e. The number of anilines is 3. The smallest absolute Gasteiger partial charge is 0.248 e. The Kier molecular flexibility index (Phi) is 8.21. The molecule has 3 aromatic carbocycles. The van der Waals surface area contributed by atoms with Gasteiger partial charge in [-0.3, -0.25) is 9.69 Å². The number of nitrogens with zero attached hydrogens (tertiary/aromatic N) is 3. The third-order valence-electron chi connectivity index (χ3n) is 7.35. The number of aromatic nitrogens is 2. The van der Waals surface area contributed by atoms with Crippen LogP contribution >= 0.6 is 11.6 Å². The first kappa shape index (κ1) is 27.9. The van der Waals surface area contributed by atoms with Crippen molar-refractivity contribution in [3.05, 3.63) is 89.5 Å². The number of carbonyl (C=O) groups is 1. The quantitative estimate of drug-likeness (QED) is 0.196. The summed E-state index contributed by atoms with van der Waals surface area (Å²) in [6.45, 7) is 1.22. The molecule has 2 aliphatic rings. The van der Waals surface area contributed by atoms with Crippen LogP contribution in [0.1, 0.15) is 31.2 Å². The van der Waals surface area contributed by atoms with Crippen molar-refractivity contribution < 1.29 is 18.7 Å². The number of ether oxygens (including phenoxy) is 2. The van der Waals surface area contributed by atoms with Crippen LogP contribution in [0.2, 0.25) is 5.02 Å². The van der Waals surface area contributed by atoms with E-state index in [0.29, 0.717) is 50.2 Å². The molecule has 1 amide bonds. The number of carbonyl (C=O) groups excluding carboxylic acids is 1. The largest absolute Gasteiger partial charge is 0.487 e. The number of hydrogen-bond acceptors (Lipinski definition) is 7. The normalized spacial score (nSPS) is 17.1. The van der Waals surface area contributed by atoms with E-state index in [4.69, 9.17) is 21.1 Å². The third kappa shape index (κ3) is 6.64. The van der Waals surface area contributed by atoms with Crippen LogP contribution in [0.25, 0.3) is 10.9 Å². The predicted molar refractivity (Wildman–Crippen MR) is 162 cm³/mol. The van der Waals surface area contributed by atoms with Gasteiger partial charge in [0.25, 0.3) is 0 Å². The molecule has 1 saturated heterocycles. The van der Waals surface area contributed by atoms with E-state index in [1.165, 1.54) is 18.5 Å². The van der Waals surface area contributed by atoms with E-state index < -0.39 is 0 Å². The number of rotatable bonds is 10. The van der Waals surface area contributed by atoms with E-state index in [0.717, 1.165) is 32.2 Å². The van der Waals surface area contributed by atoms with Crippen LogP contribution in [0.15, 0.2) is 73.1 Å². The first-order valence-electron chi connectivity index (χ1n) is 14.0. The first-order chi connectivity index (χ1) is 20.4. The number of hydrogen-bond donors (Lipinski definition) is 2. The number of benzene rings is 3. The Morgan fingerprint density at radius 1 is 1.14 bits per heavy atom. The molecule has 2 heterocycles. The summed E-state index contributed by atoms with van der Waals surface area (Å²) < 4.78 is 25.6. The number of nitrogens with one attached hydrogen (secondary N) is 2. The summed E-state index contributed by atoms with van der Waals surface area (Å²) in [7, 11) is 2.07. The molecule has 1 unspecified atom stereocenters. The highest BCUT2D eigenvalue weighted by Gasteiger charge is 2.27. The molecular formula is C32H31ClFN5O3. The van der Waals surface area contributed by atoms with Crippen LogP contribution in [0.5, 0.6) is 11.5 Å². The van der Waals surface area contributed by atoms with Crippen molar-refractivity contribution in [3.8, 4) is 11.5 Å². The minimum atomic E-state index is -0.319. The van der Waals surface area contributed by atoms with E-state index in [9.17, 15) is 9.18 Å². The molecule has 0 bridgehead atoms. The highest BCUT2D eigenvalue weighted by Crippen LogP contribution is 2.41. The summed E-state index contributed by atoms with van der Waals surface area (Å²) in [5, 5.41) is 7.37. The van der Waals surface area contributed by atoms with Gasteiger partial charge in [-0.2, -0.15) is 0 Å². The second-order valence-corrected chi connectivity index (χ2v) is 11.0. The van der Waals surface area contributed by atoms with Crippen LogP contribution in [0.3, 0.4) is 0 Å². The van der Waals surface area contributed by atoms with Crippen LogP contribution in [-0.4, -0.2) is 46.5 Å². The van der Waals surface area contributed by atoms with Gasteiger partial charge < -0.3 is 20.1 Å². The molecule has 0 radical (unpaired) electrons. The Balaban J connectivity index is 1.24. The Morgan fingerprint density at radius 3 is 2.79 bits per heavy atom. The Hall–Kier alpha value is -4.21. The average molecular weight is 588 g/mol. The van der Waals surface area contributed by atoms with Crippen LogP contribution in [-0.2, 0) is 11.4 Å². The first-order valence-corrected chi connectivity index (χ1v) is 14.4. The number of likely N-dealkylation sites (N-methyl/N-ethyl adjacent to an activating group) is 1. The van der Waals surface area contributed by atoms with Crippen LogP contribution < -0.4 is 20.1 Å². The maximum atomic E-state index is 13.5. The molecule has 216 valence electrons. The molecule has 2 fully saturated rings. The van der Waals surface area contributed by atoms with Crippen molar-refractivity contribution in [3.63, 3.8) is 0 Å². The standard InChI is InChI=1S/C32H31ClFN5O3/c1-39-15-3-6-23(39)8-14-29(40)38-27-12-11-26-30(31(27)42-24-9-10-24)32(36-19-35-26)37-22-7-13-28(25(33)17-22)41-18-20-4-2-5-21(34)16-20/h2,4-5,7-8,11-14,16-17,19,23-24H,3,6,9-10,15,18H2,1H3,(H,38,40)(H,35,36,37)/b14-8+. The Morgan fingerprint density at radius 2 is 2.02 bits per heavy atom. The lowest BCUT2D eigenvalue weighted by atomic mass is 10.1. The van der Waals surface area contributed by atoms with Crippen LogP contribution in [0.4, 0.5) is 21.6 Å². The second-order valence-electron chi connectivity index (χ2n) is 10.6. The summed E-state index contributed by atoms with van der Waals surface area (Å²) in [5.74, 6) is 0.971. The van der Waals surface area contributed by atoms with E-state index in [1.54, 1.807) is 30.3 Å². The summed E-state index contributed by atoms with van der Waals surface area (Å²) in [5.41, 5.74) is 2.60. The number of halogens is 2. The fourth-order valence-electron chi connectivity index (χ4n) is 4.96. The molecule has 8 nitrogen and oxygen atoms in total. The highest BCUT2D eigenvalue weighted by molar-refractivity contribution is 6.32. The van der Waals surface area contributed by atoms with Gasteiger partial charge in [0.2, 0.25) is 5.91 Å². The van der Waals surface area contributed by atoms with Crippen molar-refractivity contribution in [2.24, 2.45) is 0 Å². The molecular weight excluding hydrogens is 557 g/mol. The van der Waals surface area contributed by atoms with Crippen molar-refractivity contribution in [2.75, 3.05) is 24.2 Å². The molecule has 4 aromatic rings. The van der Waals surface area contributed by atoms with Crippen molar-refractivity contribution in [1.29, 1.82) is 0 Å². The number of fused-ring (bicyclic) bond motifs is 1.